The first-order valence-electron chi connectivity index (χ1n) is 2.96. The van der Waals surface area contributed by atoms with Gasteiger partial charge in [-0.05, 0) is 0 Å². The van der Waals surface area contributed by atoms with Crippen molar-refractivity contribution in [1.29, 1.82) is 0 Å². The predicted octanol–water partition coefficient (Wildman–Crippen LogP) is -1.32. The standard InChI is InChI=1S/C5H11N3O/c1-8-4(3-6)2-5(9)7-8/h4H,2-3,6H2,1H3,(H,7,9). The first-order chi connectivity index (χ1) is 4.24. The number of nitrogens with two attached hydrogens (primary N) is 1. The number of hydrazine groups is 1. The molecule has 4 heteroatoms. The van der Waals surface area contributed by atoms with Crippen molar-refractivity contribution in [1.82, 2.24) is 10.4 Å². The fourth-order valence-electron chi connectivity index (χ4n) is 0.926. The zero-order valence-electron chi connectivity index (χ0n) is 5.42. The molecule has 9 heavy (non-hydrogen) atoms. The fourth-order valence-corrected chi connectivity index (χ4v) is 0.926. The van der Waals surface area contributed by atoms with E-state index in [-0.39, 0.29) is 11.9 Å². The zero-order chi connectivity index (χ0) is 6.85. The highest BCUT2D eigenvalue weighted by atomic mass is 16.2. The zero-order valence-corrected chi connectivity index (χ0v) is 5.42. The number of nitrogens with one attached hydrogen (secondary N) is 1. The molecule has 0 saturated carbocycles. The van der Waals surface area contributed by atoms with E-state index in [4.69, 9.17) is 5.73 Å². The molecule has 4 nitrogen and oxygen atoms in total. The Morgan fingerprint density at radius 1 is 2.00 bits per heavy atom. The summed E-state index contributed by atoms with van der Waals surface area (Å²) in [5.41, 5.74) is 7.98. The van der Waals surface area contributed by atoms with E-state index < -0.39 is 0 Å². The van der Waals surface area contributed by atoms with Gasteiger partial charge < -0.3 is 5.73 Å². The summed E-state index contributed by atoms with van der Waals surface area (Å²) in [4.78, 5) is 10.6. The fraction of sp³-hybridized carbons (Fsp3) is 0.800. The summed E-state index contributed by atoms with van der Waals surface area (Å²) in [6.45, 7) is 0.537. The van der Waals surface area contributed by atoms with Gasteiger partial charge in [0, 0.05) is 26.1 Å². The molecule has 1 fully saturated rings. The monoisotopic (exact) mass is 129 g/mol. The van der Waals surface area contributed by atoms with Gasteiger partial charge in [-0.1, -0.05) is 0 Å². The van der Waals surface area contributed by atoms with Crippen LogP contribution in [-0.2, 0) is 4.79 Å². The number of carbonyl (C=O) groups is 1. The van der Waals surface area contributed by atoms with Crippen LogP contribution in [0.4, 0.5) is 0 Å². The second kappa shape index (κ2) is 2.33. The first-order valence-corrected chi connectivity index (χ1v) is 2.96. The number of likely N-dealkylation sites (N-methyl/N-ethyl adjacent to an activating group) is 1. The molecule has 1 rings (SSSR count). The summed E-state index contributed by atoms with van der Waals surface area (Å²) in [5, 5.41) is 1.75. The first kappa shape index (κ1) is 6.51. The Morgan fingerprint density at radius 3 is 2.89 bits per heavy atom. The van der Waals surface area contributed by atoms with Crippen molar-refractivity contribution in [3.8, 4) is 0 Å². The lowest BCUT2D eigenvalue weighted by Crippen LogP contribution is -2.38. The summed E-state index contributed by atoms with van der Waals surface area (Å²) in [6, 6.07) is 0.192. The highest BCUT2D eigenvalue weighted by Gasteiger charge is 2.24. The van der Waals surface area contributed by atoms with Gasteiger partial charge in [0.05, 0.1) is 0 Å². The van der Waals surface area contributed by atoms with Crippen molar-refractivity contribution in [3.05, 3.63) is 0 Å². The molecule has 1 heterocycles. The van der Waals surface area contributed by atoms with Crippen LogP contribution in [0, 0.1) is 0 Å². The molecule has 1 aliphatic heterocycles. The average Bonchev–Trinajstić information content (AvgIpc) is 2.10. The molecule has 52 valence electrons. The summed E-state index contributed by atoms with van der Waals surface area (Å²) in [5.74, 6) is 0.0629. The number of nitrogens with zero attached hydrogens (tertiary/aromatic N) is 1. The Kier molecular flexibility index (Phi) is 1.68. The molecule has 1 saturated heterocycles. The SMILES string of the molecule is CN1NC(=O)CC1CN. The third-order valence-electron chi connectivity index (χ3n) is 1.54. The molecule has 1 amide bonds. The number of carbonyl (C=O) groups excluding carboxylic acids is 1. The van der Waals surface area contributed by atoms with E-state index in [1.165, 1.54) is 0 Å². The van der Waals surface area contributed by atoms with Gasteiger partial charge >= 0.3 is 0 Å². The topological polar surface area (TPSA) is 58.4 Å². The molecule has 1 atom stereocenters. The van der Waals surface area contributed by atoms with Crippen LogP contribution < -0.4 is 11.2 Å². The number of rotatable bonds is 1. The Hall–Kier alpha value is -0.610. The van der Waals surface area contributed by atoms with Crippen molar-refractivity contribution in [2.75, 3.05) is 13.6 Å². The van der Waals surface area contributed by atoms with Crippen molar-refractivity contribution >= 4 is 5.91 Å². The van der Waals surface area contributed by atoms with Gasteiger partial charge in [0.15, 0.2) is 0 Å². The van der Waals surface area contributed by atoms with Crippen LogP contribution in [0.15, 0.2) is 0 Å². The lowest BCUT2D eigenvalue weighted by molar-refractivity contribution is -0.120. The number of hydrogen-bond donors (Lipinski definition) is 2. The van der Waals surface area contributed by atoms with Crippen molar-refractivity contribution in [2.45, 2.75) is 12.5 Å². The minimum atomic E-state index is 0.0629. The van der Waals surface area contributed by atoms with Gasteiger partial charge in [-0.25, -0.2) is 5.01 Å². The molecule has 0 bridgehead atoms. The second-order valence-corrected chi connectivity index (χ2v) is 2.24. The maximum atomic E-state index is 10.6. The van der Waals surface area contributed by atoms with Crippen molar-refractivity contribution < 1.29 is 4.79 Å². The molecule has 0 spiro atoms. The highest BCUT2D eigenvalue weighted by Crippen LogP contribution is 2.04. The van der Waals surface area contributed by atoms with E-state index in [1.807, 2.05) is 7.05 Å². The summed E-state index contributed by atoms with van der Waals surface area (Å²) < 4.78 is 0. The smallest absolute Gasteiger partial charge is 0.235 e. The Labute approximate surface area is 54.0 Å². The van der Waals surface area contributed by atoms with E-state index in [9.17, 15) is 4.79 Å². The van der Waals surface area contributed by atoms with Crippen LogP contribution in [0.2, 0.25) is 0 Å². The number of amides is 1. The third kappa shape index (κ3) is 1.20. The molecule has 0 radical (unpaired) electrons. The van der Waals surface area contributed by atoms with Gasteiger partial charge in [-0.2, -0.15) is 0 Å². The van der Waals surface area contributed by atoms with Crippen LogP contribution in [0.25, 0.3) is 0 Å². The van der Waals surface area contributed by atoms with E-state index in [0.717, 1.165) is 0 Å². The van der Waals surface area contributed by atoms with Crippen LogP contribution in [0.1, 0.15) is 6.42 Å². The molecule has 0 aromatic heterocycles. The Balaban J connectivity index is 2.47. The largest absolute Gasteiger partial charge is 0.329 e. The van der Waals surface area contributed by atoms with Gasteiger partial charge in [-0.3, -0.25) is 10.2 Å². The van der Waals surface area contributed by atoms with Crippen molar-refractivity contribution in [3.63, 3.8) is 0 Å². The highest BCUT2D eigenvalue weighted by molar-refractivity contribution is 5.77. The minimum absolute atomic E-state index is 0.0629. The van der Waals surface area contributed by atoms with Crippen molar-refractivity contribution in [2.24, 2.45) is 5.73 Å². The molecule has 0 aromatic carbocycles. The summed E-state index contributed by atoms with van der Waals surface area (Å²) in [6.07, 6.45) is 0.535. The maximum Gasteiger partial charge on any atom is 0.235 e. The lowest BCUT2D eigenvalue weighted by Gasteiger charge is -2.14. The van der Waals surface area contributed by atoms with Crippen LogP contribution in [0.5, 0.6) is 0 Å². The van der Waals surface area contributed by atoms with Crippen LogP contribution >= 0.6 is 0 Å². The van der Waals surface area contributed by atoms with E-state index in [1.54, 1.807) is 5.01 Å². The van der Waals surface area contributed by atoms with Crippen LogP contribution in [0.3, 0.4) is 0 Å². The summed E-state index contributed by atoms with van der Waals surface area (Å²) >= 11 is 0. The lowest BCUT2D eigenvalue weighted by atomic mass is 10.2. The molecular formula is C5H11N3O. The third-order valence-corrected chi connectivity index (χ3v) is 1.54. The Morgan fingerprint density at radius 2 is 2.67 bits per heavy atom. The molecule has 1 unspecified atom stereocenters. The number of hydrogen-bond acceptors (Lipinski definition) is 3. The predicted molar refractivity (Wildman–Crippen MR) is 33.4 cm³/mol. The van der Waals surface area contributed by atoms with Gasteiger partial charge in [0.25, 0.3) is 0 Å². The van der Waals surface area contributed by atoms with Gasteiger partial charge in [-0.15, -0.1) is 0 Å². The molecule has 3 N–H and O–H groups in total. The Bertz CT molecular complexity index is 125. The molecule has 1 aliphatic rings. The van der Waals surface area contributed by atoms with Gasteiger partial charge in [0.1, 0.15) is 0 Å². The van der Waals surface area contributed by atoms with Gasteiger partial charge in [0.2, 0.25) is 5.91 Å². The minimum Gasteiger partial charge on any atom is -0.329 e. The molecule has 0 aliphatic carbocycles. The second-order valence-electron chi connectivity index (χ2n) is 2.24. The molecule has 0 aromatic rings. The summed E-state index contributed by atoms with van der Waals surface area (Å²) in [7, 11) is 1.82. The maximum absolute atomic E-state index is 10.6. The quantitative estimate of drug-likeness (QED) is 0.461. The van der Waals surface area contributed by atoms with Crippen LogP contribution in [-0.4, -0.2) is 30.6 Å². The average molecular weight is 129 g/mol. The van der Waals surface area contributed by atoms with E-state index in [0.29, 0.717) is 13.0 Å². The molecular weight excluding hydrogens is 118 g/mol. The van der Waals surface area contributed by atoms with E-state index >= 15 is 0 Å². The normalized spacial score (nSPS) is 28.7. The van der Waals surface area contributed by atoms with E-state index in [2.05, 4.69) is 5.43 Å².